The Morgan fingerprint density at radius 3 is 2.94 bits per heavy atom. The topological polar surface area (TPSA) is 69.6 Å². The van der Waals surface area contributed by atoms with E-state index in [1.807, 2.05) is 6.20 Å². The van der Waals surface area contributed by atoms with E-state index in [9.17, 15) is 0 Å². The minimum absolute atomic E-state index is 0.499. The average Bonchev–Trinajstić information content (AvgIpc) is 2.66. The van der Waals surface area contributed by atoms with Crippen molar-refractivity contribution in [2.45, 2.75) is 26.3 Å². The molecule has 2 N–H and O–H groups in total. The van der Waals surface area contributed by atoms with E-state index in [0.29, 0.717) is 18.1 Å². The van der Waals surface area contributed by atoms with Crippen molar-refractivity contribution in [3.8, 4) is 0 Å². The van der Waals surface area contributed by atoms with Gasteiger partial charge in [0, 0.05) is 25.1 Å². The minimum atomic E-state index is 0.499. The quantitative estimate of drug-likeness (QED) is 0.837. The van der Waals surface area contributed by atoms with Gasteiger partial charge in [-0.15, -0.1) is 0 Å². The molecule has 16 heavy (non-hydrogen) atoms. The van der Waals surface area contributed by atoms with Crippen LogP contribution in [0.3, 0.4) is 0 Å². The summed E-state index contributed by atoms with van der Waals surface area (Å²) in [5, 5.41) is 0. The van der Waals surface area contributed by atoms with Crippen LogP contribution < -0.4 is 5.73 Å². The molecule has 0 saturated carbocycles. The van der Waals surface area contributed by atoms with Gasteiger partial charge < -0.3 is 10.3 Å². The molecule has 0 amide bonds. The molecule has 84 valence electrons. The van der Waals surface area contributed by atoms with E-state index < -0.39 is 0 Å². The largest absolute Gasteiger partial charge is 0.384 e. The smallest absolute Gasteiger partial charge is 0.138 e. The van der Waals surface area contributed by atoms with Crippen molar-refractivity contribution in [1.29, 1.82) is 0 Å². The highest BCUT2D eigenvalue weighted by Gasteiger charge is 2.05. The number of hydrogen-bond acceptors (Lipinski definition) is 4. The molecule has 0 atom stereocenters. The highest BCUT2D eigenvalue weighted by Crippen LogP contribution is 2.06. The van der Waals surface area contributed by atoms with Crippen molar-refractivity contribution in [3.05, 3.63) is 36.3 Å². The van der Waals surface area contributed by atoms with Gasteiger partial charge in [0.1, 0.15) is 17.5 Å². The number of aromatic nitrogens is 4. The van der Waals surface area contributed by atoms with Gasteiger partial charge in [0.25, 0.3) is 0 Å². The molecule has 0 aromatic carbocycles. The van der Waals surface area contributed by atoms with Crippen molar-refractivity contribution in [2.75, 3.05) is 5.73 Å². The molecule has 0 radical (unpaired) electrons. The van der Waals surface area contributed by atoms with Gasteiger partial charge in [-0.1, -0.05) is 6.92 Å². The zero-order chi connectivity index (χ0) is 11.4. The Kier molecular flexibility index (Phi) is 3.14. The maximum atomic E-state index is 5.61. The second-order valence-electron chi connectivity index (χ2n) is 3.61. The average molecular weight is 217 g/mol. The first-order valence-electron chi connectivity index (χ1n) is 5.37. The fourth-order valence-electron chi connectivity index (χ4n) is 1.59. The second kappa shape index (κ2) is 4.74. The first kappa shape index (κ1) is 10.6. The van der Waals surface area contributed by atoms with Gasteiger partial charge >= 0.3 is 0 Å². The van der Waals surface area contributed by atoms with Gasteiger partial charge in [-0.05, 0) is 12.5 Å². The third-order valence-corrected chi connectivity index (χ3v) is 2.31. The van der Waals surface area contributed by atoms with E-state index >= 15 is 0 Å². The minimum Gasteiger partial charge on any atom is -0.384 e. The van der Waals surface area contributed by atoms with E-state index in [2.05, 4.69) is 26.4 Å². The molecule has 0 spiro atoms. The molecule has 2 rings (SSSR count). The molecule has 0 unspecified atom stereocenters. The Morgan fingerprint density at radius 2 is 2.19 bits per heavy atom. The van der Waals surface area contributed by atoms with Crippen molar-refractivity contribution in [3.63, 3.8) is 0 Å². The van der Waals surface area contributed by atoms with Crippen LogP contribution in [-0.4, -0.2) is 19.5 Å². The fourth-order valence-corrected chi connectivity index (χ4v) is 1.59. The lowest BCUT2D eigenvalue weighted by Gasteiger charge is -2.05. The Morgan fingerprint density at radius 1 is 1.31 bits per heavy atom. The third-order valence-electron chi connectivity index (χ3n) is 2.31. The summed E-state index contributed by atoms with van der Waals surface area (Å²) in [5.41, 5.74) is 5.61. The van der Waals surface area contributed by atoms with Gasteiger partial charge in [-0.3, -0.25) is 0 Å². The van der Waals surface area contributed by atoms with Crippen molar-refractivity contribution in [1.82, 2.24) is 19.5 Å². The number of anilines is 1. The molecule has 5 nitrogen and oxygen atoms in total. The zero-order valence-corrected chi connectivity index (χ0v) is 9.30. The third kappa shape index (κ3) is 2.36. The molecular weight excluding hydrogens is 202 g/mol. The predicted octanol–water partition coefficient (Wildman–Crippen LogP) is 1.26. The van der Waals surface area contributed by atoms with Crippen LogP contribution in [0, 0.1) is 0 Å². The monoisotopic (exact) mass is 217 g/mol. The maximum absolute atomic E-state index is 5.61. The number of aryl methyl sites for hydroxylation is 1. The fraction of sp³-hybridized carbons (Fsp3) is 0.364. The first-order chi connectivity index (χ1) is 7.79. The molecule has 2 aromatic heterocycles. The molecular formula is C11H15N5. The summed E-state index contributed by atoms with van der Waals surface area (Å²) in [5.74, 6) is 2.19. The molecule has 0 aliphatic heterocycles. The Labute approximate surface area is 94.4 Å². The SMILES string of the molecule is CCCn1ccnc1Cc1nccc(N)n1. The molecule has 0 fully saturated rings. The number of rotatable bonds is 4. The van der Waals surface area contributed by atoms with Crippen molar-refractivity contribution >= 4 is 5.82 Å². The molecule has 5 heteroatoms. The van der Waals surface area contributed by atoms with Gasteiger partial charge in [0.15, 0.2) is 0 Å². The normalized spacial score (nSPS) is 10.6. The number of hydrogen-bond donors (Lipinski definition) is 1. The lowest BCUT2D eigenvalue weighted by molar-refractivity contribution is 0.642. The maximum Gasteiger partial charge on any atom is 0.138 e. The highest BCUT2D eigenvalue weighted by atomic mass is 15.1. The molecule has 0 bridgehead atoms. The molecule has 2 heterocycles. The van der Waals surface area contributed by atoms with Crippen LogP contribution >= 0.6 is 0 Å². The van der Waals surface area contributed by atoms with Gasteiger partial charge in [0.2, 0.25) is 0 Å². The summed E-state index contributed by atoms with van der Waals surface area (Å²) in [4.78, 5) is 12.6. The summed E-state index contributed by atoms with van der Waals surface area (Å²) in [7, 11) is 0. The molecule has 0 saturated heterocycles. The standard InChI is InChI=1S/C11H15N5/c1-2-6-16-7-5-14-11(16)8-10-13-4-3-9(12)15-10/h3-5,7H,2,6,8H2,1H3,(H2,12,13,15). The summed E-state index contributed by atoms with van der Waals surface area (Å²) < 4.78 is 2.12. The van der Waals surface area contributed by atoms with E-state index in [0.717, 1.165) is 18.8 Å². The van der Waals surface area contributed by atoms with Crippen LogP contribution in [0.4, 0.5) is 5.82 Å². The van der Waals surface area contributed by atoms with Crippen LogP contribution in [0.1, 0.15) is 25.0 Å². The highest BCUT2D eigenvalue weighted by molar-refractivity contribution is 5.25. The van der Waals surface area contributed by atoms with Crippen LogP contribution in [0.25, 0.3) is 0 Å². The van der Waals surface area contributed by atoms with E-state index in [-0.39, 0.29) is 0 Å². The Balaban J connectivity index is 2.17. The van der Waals surface area contributed by atoms with Crippen LogP contribution in [0.15, 0.2) is 24.7 Å². The number of nitrogens with two attached hydrogens (primary N) is 1. The molecule has 0 aliphatic rings. The summed E-state index contributed by atoms with van der Waals surface area (Å²) >= 11 is 0. The van der Waals surface area contributed by atoms with Crippen LogP contribution in [-0.2, 0) is 13.0 Å². The number of nitrogens with zero attached hydrogens (tertiary/aromatic N) is 4. The van der Waals surface area contributed by atoms with Crippen LogP contribution in [0.2, 0.25) is 0 Å². The van der Waals surface area contributed by atoms with Gasteiger partial charge in [0.05, 0.1) is 6.42 Å². The van der Waals surface area contributed by atoms with Gasteiger partial charge in [-0.2, -0.15) is 0 Å². The number of imidazole rings is 1. The van der Waals surface area contributed by atoms with E-state index in [1.54, 1.807) is 18.5 Å². The first-order valence-corrected chi connectivity index (χ1v) is 5.37. The summed E-state index contributed by atoms with van der Waals surface area (Å²) in [6, 6.07) is 1.68. The Bertz CT molecular complexity index is 463. The lowest BCUT2D eigenvalue weighted by atomic mass is 10.3. The predicted molar refractivity (Wildman–Crippen MR) is 61.8 cm³/mol. The summed E-state index contributed by atoms with van der Waals surface area (Å²) in [6.07, 6.45) is 7.16. The van der Waals surface area contributed by atoms with Crippen molar-refractivity contribution < 1.29 is 0 Å². The van der Waals surface area contributed by atoms with Crippen molar-refractivity contribution in [2.24, 2.45) is 0 Å². The summed E-state index contributed by atoms with van der Waals surface area (Å²) in [6.45, 7) is 3.11. The molecule has 2 aromatic rings. The van der Waals surface area contributed by atoms with E-state index in [4.69, 9.17) is 5.73 Å². The Hall–Kier alpha value is -1.91. The lowest BCUT2D eigenvalue weighted by Crippen LogP contribution is -2.06. The van der Waals surface area contributed by atoms with Gasteiger partial charge in [-0.25, -0.2) is 15.0 Å². The number of nitrogen functional groups attached to an aromatic ring is 1. The van der Waals surface area contributed by atoms with Crippen LogP contribution in [0.5, 0.6) is 0 Å². The molecule has 0 aliphatic carbocycles. The second-order valence-corrected chi connectivity index (χ2v) is 3.61. The van der Waals surface area contributed by atoms with E-state index in [1.165, 1.54) is 0 Å². The zero-order valence-electron chi connectivity index (χ0n) is 9.30.